The Labute approximate surface area is 604 Å². The summed E-state index contributed by atoms with van der Waals surface area (Å²) in [5.41, 5.74) is 30.2. The summed E-state index contributed by atoms with van der Waals surface area (Å²) < 4.78 is 0. The van der Waals surface area contributed by atoms with Crippen LogP contribution < -0.4 is 0 Å². The summed E-state index contributed by atoms with van der Waals surface area (Å²) in [6, 6.07) is 22.3. The van der Waals surface area contributed by atoms with Crippen LogP contribution in [0.15, 0.2) is 60.7 Å². The third kappa shape index (κ3) is 18.1. The van der Waals surface area contributed by atoms with E-state index < -0.39 is 0 Å². The minimum atomic E-state index is -0.226. The van der Waals surface area contributed by atoms with Gasteiger partial charge in [0.05, 0.1) is 0 Å². The molecule has 542 valence electrons. The summed E-state index contributed by atoms with van der Waals surface area (Å²) in [7, 11) is 0. The van der Waals surface area contributed by atoms with Crippen molar-refractivity contribution in [2.75, 3.05) is 0 Å². The van der Waals surface area contributed by atoms with E-state index >= 15 is 0 Å². The van der Waals surface area contributed by atoms with E-state index in [1.165, 1.54) is 94.6 Å². The number of phenolic OH excluding ortho intramolecular Hbond substituents is 5. The number of hydrogen-bond donors (Lipinski definition) is 5. The van der Waals surface area contributed by atoms with Gasteiger partial charge in [-0.05, 0) is 285 Å². The largest absolute Gasteiger partial charge is 0.507 e. The van der Waals surface area contributed by atoms with E-state index in [0.717, 1.165) is 87.7 Å². The predicted octanol–water partition coefficient (Wildman–Crippen LogP) is 25.0. The molecule has 0 saturated heterocycles. The first kappa shape index (κ1) is 81.5. The molecule has 0 bridgehead atoms. The monoisotopic (exact) mass is 1350 g/mol. The standard InChI is InChI=1S/C54H78O3.C40H58O2/c1-31-37(22-34-25-40(49(4,5)6)46(55)41(26-34)50(7,8)9)32(2)39(24-36-29-44(53(16,17)18)48(57)45(30-36)54(19,20)21)33(3)38(31)23-35-27-42(51(10,11)12)47(56)43(28-35)52(13,14)15;1-23-24(2)30(18-28-21-33(39(11,12)13)36(42)34(22-28)40(14,15)16)26(4)25(3)29(23)17-27-19-31(37(5,6)7)35(41)32(20-27)38(8,9)10/h25-30,55-57H,22-24H2,1-21H3;19-22,41-42H,17-18H2,1-16H3. The summed E-state index contributed by atoms with van der Waals surface area (Å²) in [6.07, 6.45) is 3.92. The molecule has 5 N–H and O–H groups in total. The van der Waals surface area contributed by atoms with Crippen molar-refractivity contribution in [3.05, 3.63) is 211 Å². The SMILES string of the molecule is Cc1c(C)c(Cc2cc(C(C)(C)C)c(O)c(C(C)(C)C)c2)c(C)c(C)c1Cc1cc(C(C)(C)C)c(O)c(C(C)(C)C)c1.Cc1c(Cc2cc(C(C)(C)C)c(O)c(C(C)(C)C)c2)c(C)c(Cc2cc(C(C)(C)C)c(O)c(C(C)(C)C)c2)c(C)c1Cc1cc(C(C)(C)C)c(O)c(C(C)(C)C)c1. The third-order valence-electron chi connectivity index (χ3n) is 21.5. The van der Waals surface area contributed by atoms with Crippen LogP contribution in [0.1, 0.15) is 358 Å². The van der Waals surface area contributed by atoms with Crippen molar-refractivity contribution in [3.63, 3.8) is 0 Å². The molecule has 5 nitrogen and oxygen atoms in total. The lowest BCUT2D eigenvalue weighted by atomic mass is 9.75. The van der Waals surface area contributed by atoms with Crippen molar-refractivity contribution in [1.29, 1.82) is 0 Å². The molecular formula is C94H136O5. The van der Waals surface area contributed by atoms with Gasteiger partial charge >= 0.3 is 0 Å². The summed E-state index contributed by atoms with van der Waals surface area (Å²) in [6.45, 7) is 81.4. The smallest absolute Gasteiger partial charge is 0.123 e. The molecule has 0 aromatic heterocycles. The molecule has 0 unspecified atom stereocenters. The van der Waals surface area contributed by atoms with Gasteiger partial charge in [-0.25, -0.2) is 0 Å². The van der Waals surface area contributed by atoms with E-state index in [2.05, 4.69) is 317 Å². The lowest BCUT2D eigenvalue weighted by Crippen LogP contribution is -2.19. The van der Waals surface area contributed by atoms with E-state index in [0.29, 0.717) is 28.7 Å². The Morgan fingerprint density at radius 1 is 0.172 bits per heavy atom. The van der Waals surface area contributed by atoms with Gasteiger partial charge < -0.3 is 25.5 Å². The number of rotatable bonds is 10. The maximum Gasteiger partial charge on any atom is 0.123 e. The van der Waals surface area contributed by atoms with Gasteiger partial charge in [0.2, 0.25) is 0 Å². The summed E-state index contributed by atoms with van der Waals surface area (Å²) in [4.78, 5) is 0. The first-order valence-electron chi connectivity index (χ1n) is 36.9. The molecule has 0 spiro atoms. The fourth-order valence-electron chi connectivity index (χ4n) is 14.9. The Balaban J connectivity index is 0.000000327. The van der Waals surface area contributed by atoms with Crippen LogP contribution >= 0.6 is 0 Å². The molecule has 0 aliphatic heterocycles. The number of hydrogen-bond acceptors (Lipinski definition) is 5. The average Bonchev–Trinajstić information content (AvgIpc) is 0.768. The van der Waals surface area contributed by atoms with Crippen molar-refractivity contribution in [2.45, 2.75) is 342 Å². The van der Waals surface area contributed by atoms with Gasteiger partial charge in [-0.2, -0.15) is 0 Å². The maximum absolute atomic E-state index is 11.6. The van der Waals surface area contributed by atoms with Crippen LogP contribution in [0.4, 0.5) is 0 Å². The Hall–Kier alpha value is -6.46. The Morgan fingerprint density at radius 2 is 0.263 bits per heavy atom. The Kier molecular flexibility index (Phi) is 22.8. The van der Waals surface area contributed by atoms with Gasteiger partial charge in [-0.3, -0.25) is 0 Å². The molecule has 0 heterocycles. The minimum absolute atomic E-state index is 0.151. The van der Waals surface area contributed by atoms with Gasteiger partial charge in [-0.15, -0.1) is 0 Å². The van der Waals surface area contributed by atoms with E-state index in [1.807, 2.05) is 0 Å². The molecular weight excluding hydrogens is 1210 g/mol. The maximum atomic E-state index is 11.6. The third-order valence-corrected chi connectivity index (χ3v) is 21.5. The van der Waals surface area contributed by atoms with Gasteiger partial charge in [0.25, 0.3) is 0 Å². The number of phenols is 5. The molecule has 5 heteroatoms. The van der Waals surface area contributed by atoms with Gasteiger partial charge in [0.15, 0.2) is 0 Å². The lowest BCUT2D eigenvalue weighted by Gasteiger charge is -2.30. The lowest BCUT2D eigenvalue weighted by molar-refractivity contribution is 0.422. The van der Waals surface area contributed by atoms with E-state index in [9.17, 15) is 25.5 Å². The van der Waals surface area contributed by atoms with Crippen molar-refractivity contribution in [2.24, 2.45) is 0 Å². The first-order chi connectivity index (χ1) is 44.4. The highest BCUT2D eigenvalue weighted by Gasteiger charge is 2.34. The molecule has 0 atom stereocenters. The summed E-state index contributed by atoms with van der Waals surface area (Å²) >= 11 is 0. The second kappa shape index (κ2) is 27.7. The quantitative estimate of drug-likeness (QED) is 0.0939. The zero-order valence-electron chi connectivity index (χ0n) is 69.5. The van der Waals surface area contributed by atoms with Crippen LogP contribution in [0.3, 0.4) is 0 Å². The van der Waals surface area contributed by atoms with E-state index in [4.69, 9.17) is 0 Å². The van der Waals surface area contributed by atoms with Crippen molar-refractivity contribution in [1.82, 2.24) is 0 Å². The average molecular weight is 1350 g/mol. The second-order valence-corrected chi connectivity index (χ2v) is 40.3. The molecule has 7 aromatic rings. The fraction of sp³-hybridized carbons (Fsp3) is 0.553. The highest BCUT2D eigenvalue weighted by molar-refractivity contribution is 5.61. The van der Waals surface area contributed by atoms with Gasteiger partial charge in [0.1, 0.15) is 28.7 Å². The molecule has 0 fully saturated rings. The normalized spacial score (nSPS) is 13.3. The second-order valence-electron chi connectivity index (χ2n) is 40.3. The number of benzene rings is 7. The van der Waals surface area contributed by atoms with Crippen LogP contribution in [0.5, 0.6) is 28.7 Å². The first-order valence-corrected chi connectivity index (χ1v) is 36.9. The Bertz CT molecular complexity index is 3590. The van der Waals surface area contributed by atoms with Crippen LogP contribution in [-0.4, -0.2) is 25.5 Å². The fourth-order valence-corrected chi connectivity index (χ4v) is 14.9. The van der Waals surface area contributed by atoms with E-state index in [-0.39, 0.29) is 54.1 Å². The molecule has 7 rings (SSSR count). The molecule has 0 saturated carbocycles. The zero-order valence-corrected chi connectivity index (χ0v) is 69.5. The van der Waals surface area contributed by atoms with Gasteiger partial charge in [-0.1, -0.05) is 268 Å². The van der Waals surface area contributed by atoms with E-state index in [1.54, 1.807) is 0 Å². The molecule has 0 aliphatic rings. The van der Waals surface area contributed by atoms with Crippen LogP contribution in [-0.2, 0) is 86.3 Å². The minimum Gasteiger partial charge on any atom is -0.507 e. The van der Waals surface area contributed by atoms with Crippen molar-refractivity contribution in [3.8, 4) is 28.7 Å². The van der Waals surface area contributed by atoms with Crippen LogP contribution in [0.25, 0.3) is 0 Å². The molecule has 7 aromatic carbocycles. The highest BCUT2D eigenvalue weighted by Crippen LogP contribution is 2.48. The van der Waals surface area contributed by atoms with Crippen molar-refractivity contribution < 1.29 is 25.5 Å². The number of aromatic hydroxyl groups is 5. The van der Waals surface area contributed by atoms with Crippen LogP contribution in [0.2, 0.25) is 0 Å². The predicted molar refractivity (Wildman–Crippen MR) is 428 cm³/mol. The molecule has 99 heavy (non-hydrogen) atoms. The molecule has 0 aliphatic carbocycles. The zero-order chi connectivity index (χ0) is 76.1. The Morgan fingerprint density at radius 3 is 0.354 bits per heavy atom. The summed E-state index contributed by atoms with van der Waals surface area (Å²) in [5, 5.41) is 57.4. The van der Waals surface area contributed by atoms with Crippen molar-refractivity contribution >= 4 is 0 Å². The molecule has 0 amide bonds. The van der Waals surface area contributed by atoms with Gasteiger partial charge in [0, 0.05) is 0 Å². The highest BCUT2D eigenvalue weighted by atomic mass is 16.3. The van der Waals surface area contributed by atoms with Crippen LogP contribution in [0, 0.1) is 48.5 Å². The summed E-state index contributed by atoms with van der Waals surface area (Å²) in [5.74, 6) is 2.10. The topological polar surface area (TPSA) is 101 Å². The molecule has 0 radical (unpaired) electrons.